The summed E-state index contributed by atoms with van der Waals surface area (Å²) in [4.78, 5) is 28.0. The highest BCUT2D eigenvalue weighted by molar-refractivity contribution is 6.32. The number of rotatable bonds is 24. The van der Waals surface area contributed by atoms with E-state index in [0.29, 0.717) is 76.8 Å². The number of aromatic nitrogens is 1. The number of carbonyl (C=O) groups excluding carboxylic acids is 2. The molecule has 13 nitrogen and oxygen atoms in total. The van der Waals surface area contributed by atoms with Crippen molar-refractivity contribution in [3.8, 4) is 46.3 Å². The van der Waals surface area contributed by atoms with Crippen LogP contribution < -0.4 is 24.3 Å². The molecule has 0 saturated carbocycles. The normalized spacial score (nSPS) is 15.2. The molecule has 1 saturated heterocycles. The standard InChI is InChI=1S/C53H55Cl2N5O6.C6H10O2.C6H14/c1-7-42-18-48(54)52(20-50(42)62-29-40-16-38(22-56)24-58-26-40)64-31-43-11-9-13-46(36(43)5)47-14-10-12-44(37(47)6)32-65-53-21-51(63-30-41-17-39(23-57)25-59-27-41)45(19-49(53)55)28-60(8-2)34(3)15-35(4)66-33-61;1-4-3-5(2)8-6(4)7;1-4-6(3)5-2/h9-14,16-21,25-27,33-35,58H,7-8,15,24,28-32H2,1-6H3;4-5H,3H2,1-2H3;6H,4-5H2,1-3H3. The number of pyridine rings is 1. The number of benzene rings is 4. The number of nitriles is 2. The number of esters is 1. The van der Waals surface area contributed by atoms with Gasteiger partial charge in [-0.25, -0.2) is 0 Å². The molecular weight excluding hydrogens is 1050 g/mol. The molecule has 1 N–H and O–H groups in total. The highest BCUT2D eigenvalue weighted by atomic mass is 35.5. The molecule has 4 atom stereocenters. The molecule has 0 bridgehead atoms. The van der Waals surface area contributed by atoms with Crippen LogP contribution in [0.5, 0.6) is 23.0 Å². The number of hydrogen-bond donors (Lipinski definition) is 1. The van der Waals surface area contributed by atoms with E-state index in [1.54, 1.807) is 12.3 Å². The van der Waals surface area contributed by atoms with E-state index in [0.717, 1.165) is 80.9 Å². The van der Waals surface area contributed by atoms with Crippen molar-refractivity contribution < 1.29 is 38.0 Å². The van der Waals surface area contributed by atoms with Crippen LogP contribution in [0.25, 0.3) is 11.1 Å². The van der Waals surface area contributed by atoms with Crippen LogP contribution in [0.4, 0.5) is 0 Å². The Morgan fingerprint density at radius 2 is 1.36 bits per heavy atom. The van der Waals surface area contributed by atoms with E-state index in [4.69, 9.17) is 51.6 Å². The minimum atomic E-state index is -0.234. The van der Waals surface area contributed by atoms with E-state index < -0.39 is 0 Å². The molecule has 1 fully saturated rings. The summed E-state index contributed by atoms with van der Waals surface area (Å²) in [6, 6.07) is 26.0. The van der Waals surface area contributed by atoms with Gasteiger partial charge in [0.15, 0.2) is 0 Å². The number of halogens is 2. The molecule has 4 aromatic carbocycles. The highest BCUT2D eigenvalue weighted by Gasteiger charge is 2.27. The molecule has 5 aromatic rings. The predicted octanol–water partition coefficient (Wildman–Crippen LogP) is 14.7. The third-order valence-electron chi connectivity index (χ3n) is 14.5. The molecule has 0 spiro atoms. The average molecular weight is 1130 g/mol. The first-order chi connectivity index (χ1) is 38.4. The summed E-state index contributed by atoms with van der Waals surface area (Å²) >= 11 is 13.7. The van der Waals surface area contributed by atoms with Crippen LogP contribution in [0.15, 0.2) is 103 Å². The maximum Gasteiger partial charge on any atom is 0.309 e. The fourth-order valence-electron chi connectivity index (χ4n) is 9.15. The Balaban J connectivity index is 0.000000735. The van der Waals surface area contributed by atoms with Crippen LogP contribution in [-0.4, -0.2) is 60.3 Å². The predicted molar refractivity (Wildman–Crippen MR) is 317 cm³/mol. The number of cyclic esters (lactones) is 1. The molecule has 80 heavy (non-hydrogen) atoms. The molecule has 1 aromatic heterocycles. The van der Waals surface area contributed by atoms with Gasteiger partial charge in [0.2, 0.25) is 0 Å². The van der Waals surface area contributed by atoms with Gasteiger partial charge in [0.05, 0.1) is 33.7 Å². The lowest BCUT2D eigenvalue weighted by atomic mass is 9.92. The van der Waals surface area contributed by atoms with Gasteiger partial charge in [-0.2, -0.15) is 10.5 Å². The second-order valence-corrected chi connectivity index (χ2v) is 21.4. The summed E-state index contributed by atoms with van der Waals surface area (Å²) < 4.78 is 35.5. The average Bonchev–Trinajstić information content (AvgIpc) is 3.77. The van der Waals surface area contributed by atoms with Gasteiger partial charge < -0.3 is 33.7 Å². The lowest BCUT2D eigenvalue weighted by Gasteiger charge is -2.30. The Morgan fingerprint density at radius 1 is 0.775 bits per heavy atom. The van der Waals surface area contributed by atoms with Gasteiger partial charge in [-0.05, 0) is 130 Å². The summed E-state index contributed by atoms with van der Waals surface area (Å²) in [7, 11) is 0. The quantitative estimate of drug-likeness (QED) is 0.0459. The highest BCUT2D eigenvalue weighted by Crippen LogP contribution is 2.38. The second kappa shape index (κ2) is 32.3. The zero-order chi connectivity index (χ0) is 58.3. The number of aryl methyl sites for hydroxylation is 1. The monoisotopic (exact) mass is 1130 g/mol. The SMILES string of the molecule is CC1CC(C)C(=O)O1.CCC(C)CC.CCc1cc(Cl)c(OCc2cccc(-c3cccc(COc4cc(OCc5cncc(C#N)c5)c(CN(CC)C(C)CC(C)OC=O)cc4Cl)c3C)c2C)cc1OCC1=CNCC(C#N)=C1. The minimum Gasteiger partial charge on any atom is -0.488 e. The van der Waals surface area contributed by atoms with E-state index in [1.807, 2.05) is 82.4 Å². The molecule has 2 aliphatic heterocycles. The van der Waals surface area contributed by atoms with Crippen molar-refractivity contribution in [1.29, 1.82) is 10.5 Å². The van der Waals surface area contributed by atoms with Crippen molar-refractivity contribution in [2.45, 2.75) is 153 Å². The number of nitrogens with zero attached hydrogens (tertiary/aromatic N) is 4. The summed E-state index contributed by atoms with van der Waals surface area (Å²) in [6.07, 6.45) is 11.7. The fourth-order valence-corrected chi connectivity index (χ4v) is 9.63. The number of dihydropyridines is 1. The van der Waals surface area contributed by atoms with Gasteiger partial charge in [0.25, 0.3) is 6.47 Å². The van der Waals surface area contributed by atoms with Crippen molar-refractivity contribution in [2.24, 2.45) is 11.8 Å². The Kier molecular flexibility index (Phi) is 25.7. The Morgan fingerprint density at radius 3 is 1.86 bits per heavy atom. The van der Waals surface area contributed by atoms with Gasteiger partial charge in [-0.15, -0.1) is 0 Å². The Hall–Kier alpha value is -7.03. The molecule has 0 radical (unpaired) electrons. The van der Waals surface area contributed by atoms with Crippen molar-refractivity contribution in [2.75, 3.05) is 19.7 Å². The zero-order valence-corrected chi connectivity index (χ0v) is 49.9. The Labute approximate surface area is 484 Å². The van der Waals surface area contributed by atoms with E-state index in [1.165, 1.54) is 19.0 Å². The van der Waals surface area contributed by atoms with E-state index >= 15 is 0 Å². The maximum atomic E-state index is 11.0. The van der Waals surface area contributed by atoms with Crippen LogP contribution in [-0.2, 0) is 51.8 Å². The first kappa shape index (κ1) is 63.8. The lowest BCUT2D eigenvalue weighted by molar-refractivity contribution is -0.143. The Bertz CT molecular complexity index is 3020. The molecule has 426 valence electrons. The number of nitrogens with one attached hydrogen (secondary N) is 1. The van der Waals surface area contributed by atoms with Gasteiger partial charge in [-0.1, -0.05) is 114 Å². The van der Waals surface area contributed by atoms with E-state index in [9.17, 15) is 20.1 Å². The van der Waals surface area contributed by atoms with Gasteiger partial charge >= 0.3 is 5.97 Å². The first-order valence-corrected chi connectivity index (χ1v) is 28.4. The molecule has 3 heterocycles. The van der Waals surface area contributed by atoms with Gasteiger partial charge in [0.1, 0.15) is 61.6 Å². The number of carbonyl (C=O) groups is 2. The third kappa shape index (κ3) is 18.8. The van der Waals surface area contributed by atoms with E-state index in [2.05, 4.69) is 94.0 Å². The summed E-state index contributed by atoms with van der Waals surface area (Å²) in [5.41, 5.74) is 10.8. The molecule has 4 unspecified atom stereocenters. The van der Waals surface area contributed by atoms with Gasteiger partial charge in [0, 0.05) is 72.1 Å². The van der Waals surface area contributed by atoms with Crippen molar-refractivity contribution in [3.05, 3.63) is 157 Å². The summed E-state index contributed by atoms with van der Waals surface area (Å²) in [5.74, 6) is 3.28. The molecule has 15 heteroatoms. The third-order valence-corrected chi connectivity index (χ3v) is 15.1. The molecule has 2 aliphatic rings. The van der Waals surface area contributed by atoms with Gasteiger partial charge in [-0.3, -0.25) is 19.5 Å². The number of ether oxygens (including phenoxy) is 6. The van der Waals surface area contributed by atoms with Crippen molar-refractivity contribution in [3.63, 3.8) is 0 Å². The zero-order valence-electron chi connectivity index (χ0n) is 48.4. The maximum absolute atomic E-state index is 11.0. The smallest absolute Gasteiger partial charge is 0.309 e. The minimum absolute atomic E-state index is 0.0440. The van der Waals surface area contributed by atoms with Crippen LogP contribution in [0.3, 0.4) is 0 Å². The lowest BCUT2D eigenvalue weighted by Crippen LogP contribution is -2.35. The largest absolute Gasteiger partial charge is 0.488 e. The fraction of sp³-hybridized carbons (Fsp3) is 0.431. The van der Waals surface area contributed by atoms with E-state index in [-0.39, 0.29) is 50.0 Å². The molecule has 0 amide bonds. The van der Waals surface area contributed by atoms with Crippen LogP contribution >= 0.6 is 23.2 Å². The summed E-state index contributed by atoms with van der Waals surface area (Å²) in [5, 5.41) is 22.8. The molecule has 0 aliphatic carbocycles. The van der Waals surface area contributed by atoms with Crippen LogP contribution in [0.1, 0.15) is 133 Å². The second-order valence-electron chi connectivity index (χ2n) is 20.5. The van der Waals surface area contributed by atoms with Crippen molar-refractivity contribution >= 4 is 35.6 Å². The van der Waals surface area contributed by atoms with Crippen LogP contribution in [0.2, 0.25) is 10.0 Å². The van der Waals surface area contributed by atoms with Crippen molar-refractivity contribution in [1.82, 2.24) is 15.2 Å². The number of hydrogen-bond acceptors (Lipinski definition) is 13. The first-order valence-electron chi connectivity index (χ1n) is 27.7. The summed E-state index contributed by atoms with van der Waals surface area (Å²) in [6.45, 7) is 26.1. The molecular formula is C65H79Cl2N5O8. The topological polar surface area (TPSA) is 165 Å². The molecule has 7 rings (SSSR count). The van der Waals surface area contributed by atoms with Crippen LogP contribution in [0, 0.1) is 48.3 Å².